The summed E-state index contributed by atoms with van der Waals surface area (Å²) in [6.07, 6.45) is 5.23. The number of carbonyl (C=O) groups is 1. The largest absolute Gasteiger partial charge is 0.357 e. The minimum Gasteiger partial charge on any atom is -0.357 e. The van der Waals surface area contributed by atoms with Gasteiger partial charge in [0.1, 0.15) is 0 Å². The Morgan fingerprint density at radius 3 is 2.52 bits per heavy atom. The molecule has 25 heavy (non-hydrogen) atoms. The first-order valence-electron chi connectivity index (χ1n) is 9.59. The van der Waals surface area contributed by atoms with Crippen molar-refractivity contribution in [2.24, 2.45) is 4.99 Å². The summed E-state index contributed by atoms with van der Waals surface area (Å²) < 4.78 is 0. The van der Waals surface area contributed by atoms with Crippen molar-refractivity contribution >= 4 is 11.9 Å². The summed E-state index contributed by atoms with van der Waals surface area (Å²) in [4.78, 5) is 18.9. The van der Waals surface area contributed by atoms with Crippen LogP contribution in [0.15, 0.2) is 35.3 Å². The van der Waals surface area contributed by atoms with Crippen molar-refractivity contribution < 1.29 is 4.79 Å². The lowest BCUT2D eigenvalue weighted by Gasteiger charge is -2.17. The van der Waals surface area contributed by atoms with Crippen LogP contribution in [0.3, 0.4) is 0 Å². The van der Waals surface area contributed by atoms with Crippen molar-refractivity contribution in [2.75, 3.05) is 32.7 Å². The van der Waals surface area contributed by atoms with E-state index < -0.39 is 0 Å². The molecule has 1 heterocycles. The average Bonchev–Trinajstić information content (AvgIpc) is 3.23. The number of nitrogens with one attached hydrogen (secondary N) is 2. The molecule has 0 bridgehead atoms. The third-order valence-corrected chi connectivity index (χ3v) is 5.21. The van der Waals surface area contributed by atoms with Crippen molar-refractivity contribution in [3.8, 4) is 0 Å². The second-order valence-electron chi connectivity index (χ2n) is 7.11. The molecule has 1 amide bonds. The lowest BCUT2D eigenvalue weighted by Crippen LogP contribution is -2.40. The van der Waals surface area contributed by atoms with E-state index in [0.29, 0.717) is 13.0 Å². The third-order valence-electron chi connectivity index (χ3n) is 5.21. The summed E-state index contributed by atoms with van der Waals surface area (Å²) in [5.74, 6) is 1.07. The first kappa shape index (κ1) is 17.8. The van der Waals surface area contributed by atoms with Crippen LogP contribution >= 0.6 is 0 Å². The van der Waals surface area contributed by atoms with E-state index in [1.807, 2.05) is 4.90 Å². The van der Waals surface area contributed by atoms with Crippen LogP contribution in [0.2, 0.25) is 0 Å². The highest BCUT2D eigenvalue weighted by Gasteiger charge is 2.43. The van der Waals surface area contributed by atoms with E-state index in [1.165, 1.54) is 18.4 Å². The van der Waals surface area contributed by atoms with E-state index >= 15 is 0 Å². The molecule has 0 spiro atoms. The van der Waals surface area contributed by atoms with E-state index in [4.69, 9.17) is 4.99 Å². The minimum atomic E-state index is 0.217. The summed E-state index contributed by atoms with van der Waals surface area (Å²) >= 11 is 0. The van der Waals surface area contributed by atoms with Gasteiger partial charge in [0, 0.05) is 38.0 Å². The van der Waals surface area contributed by atoms with E-state index in [0.717, 1.165) is 45.0 Å². The molecular weight excluding hydrogens is 312 g/mol. The molecule has 2 fully saturated rings. The molecule has 5 nitrogen and oxygen atoms in total. The number of nitrogens with zero attached hydrogens (tertiary/aromatic N) is 2. The molecule has 3 rings (SSSR count). The molecule has 1 saturated heterocycles. The number of likely N-dealkylation sites (tertiary alicyclic amines) is 1. The fourth-order valence-corrected chi connectivity index (χ4v) is 3.47. The quantitative estimate of drug-likeness (QED) is 0.590. The Labute approximate surface area is 150 Å². The van der Waals surface area contributed by atoms with E-state index in [9.17, 15) is 4.79 Å². The van der Waals surface area contributed by atoms with E-state index in [-0.39, 0.29) is 11.3 Å². The van der Waals surface area contributed by atoms with Gasteiger partial charge in [0.15, 0.2) is 5.96 Å². The lowest BCUT2D eigenvalue weighted by molar-refractivity contribution is -0.129. The second-order valence-corrected chi connectivity index (χ2v) is 7.11. The van der Waals surface area contributed by atoms with Crippen LogP contribution in [0.1, 0.15) is 44.6 Å². The Kier molecular flexibility index (Phi) is 5.95. The molecule has 0 unspecified atom stereocenters. The molecule has 1 aromatic rings. The molecule has 5 heteroatoms. The molecule has 1 aliphatic heterocycles. The highest BCUT2D eigenvalue weighted by Crippen LogP contribution is 2.48. The predicted molar refractivity (Wildman–Crippen MR) is 102 cm³/mol. The molecule has 2 N–H and O–H groups in total. The number of hydrogen-bond donors (Lipinski definition) is 2. The summed E-state index contributed by atoms with van der Waals surface area (Å²) in [6, 6.07) is 10.7. The van der Waals surface area contributed by atoms with Gasteiger partial charge in [-0.15, -0.1) is 0 Å². The molecular formula is C20H30N4O. The van der Waals surface area contributed by atoms with Crippen molar-refractivity contribution in [1.82, 2.24) is 15.5 Å². The van der Waals surface area contributed by atoms with Crippen molar-refractivity contribution in [3.63, 3.8) is 0 Å². The Morgan fingerprint density at radius 2 is 1.88 bits per heavy atom. The molecule has 136 valence electrons. The summed E-state index contributed by atoms with van der Waals surface area (Å²) in [5, 5.41) is 6.61. The topological polar surface area (TPSA) is 56.7 Å². The van der Waals surface area contributed by atoms with Crippen LogP contribution in [0, 0.1) is 0 Å². The summed E-state index contributed by atoms with van der Waals surface area (Å²) in [7, 11) is 0. The van der Waals surface area contributed by atoms with Gasteiger partial charge in [-0.05, 0) is 38.2 Å². The van der Waals surface area contributed by atoms with Crippen molar-refractivity contribution in [2.45, 2.75) is 44.4 Å². The van der Waals surface area contributed by atoms with Gasteiger partial charge >= 0.3 is 0 Å². The zero-order chi connectivity index (χ0) is 17.5. The second kappa shape index (κ2) is 8.37. The molecule has 1 aromatic carbocycles. The fourth-order valence-electron chi connectivity index (χ4n) is 3.47. The smallest absolute Gasteiger partial charge is 0.224 e. The predicted octanol–water partition coefficient (Wildman–Crippen LogP) is 2.29. The SMILES string of the molecule is CCNC(=NCC1(c2ccccc2)CC1)NCCC(=O)N1CCCC1. The maximum Gasteiger partial charge on any atom is 0.224 e. The fraction of sp³-hybridized carbons (Fsp3) is 0.600. The van der Waals surface area contributed by atoms with Gasteiger partial charge in [-0.3, -0.25) is 9.79 Å². The maximum absolute atomic E-state index is 12.1. The number of benzene rings is 1. The zero-order valence-corrected chi connectivity index (χ0v) is 15.3. The van der Waals surface area contributed by atoms with Crippen molar-refractivity contribution in [3.05, 3.63) is 35.9 Å². The first-order valence-corrected chi connectivity index (χ1v) is 9.59. The van der Waals surface area contributed by atoms with E-state index in [1.54, 1.807) is 0 Å². The highest BCUT2D eigenvalue weighted by molar-refractivity contribution is 5.81. The zero-order valence-electron chi connectivity index (χ0n) is 15.3. The third kappa shape index (κ3) is 4.74. The maximum atomic E-state index is 12.1. The van der Waals surface area contributed by atoms with Gasteiger partial charge in [-0.1, -0.05) is 30.3 Å². The molecule has 1 saturated carbocycles. The van der Waals surface area contributed by atoms with Crippen LogP contribution in [0.5, 0.6) is 0 Å². The van der Waals surface area contributed by atoms with Crippen LogP contribution in [-0.2, 0) is 10.2 Å². The Morgan fingerprint density at radius 1 is 1.16 bits per heavy atom. The van der Waals surface area contributed by atoms with Gasteiger partial charge < -0.3 is 15.5 Å². The molecule has 0 atom stereocenters. The number of guanidine groups is 1. The van der Waals surface area contributed by atoms with Gasteiger partial charge in [-0.2, -0.15) is 0 Å². The minimum absolute atomic E-state index is 0.217. The van der Waals surface area contributed by atoms with Crippen molar-refractivity contribution in [1.29, 1.82) is 0 Å². The number of hydrogen-bond acceptors (Lipinski definition) is 2. The number of amides is 1. The monoisotopic (exact) mass is 342 g/mol. The van der Waals surface area contributed by atoms with Gasteiger partial charge in [-0.25, -0.2) is 0 Å². The van der Waals surface area contributed by atoms with Gasteiger partial charge in [0.25, 0.3) is 0 Å². The van der Waals surface area contributed by atoms with Gasteiger partial charge in [0.2, 0.25) is 5.91 Å². The Hall–Kier alpha value is -2.04. The van der Waals surface area contributed by atoms with Crippen LogP contribution < -0.4 is 10.6 Å². The average molecular weight is 342 g/mol. The van der Waals surface area contributed by atoms with Crippen LogP contribution in [-0.4, -0.2) is 49.5 Å². The first-order chi connectivity index (χ1) is 12.2. The number of aliphatic imine (C=N–C) groups is 1. The molecule has 0 radical (unpaired) electrons. The van der Waals surface area contributed by atoms with Crippen LogP contribution in [0.25, 0.3) is 0 Å². The highest BCUT2D eigenvalue weighted by atomic mass is 16.2. The summed E-state index contributed by atoms with van der Waals surface area (Å²) in [5.41, 5.74) is 1.61. The lowest BCUT2D eigenvalue weighted by atomic mass is 9.96. The Balaban J connectivity index is 1.50. The normalized spacial score (nSPS) is 18.9. The number of rotatable bonds is 7. The van der Waals surface area contributed by atoms with Gasteiger partial charge in [0.05, 0.1) is 6.54 Å². The molecule has 1 aliphatic carbocycles. The Bertz CT molecular complexity index is 589. The van der Waals surface area contributed by atoms with Crippen LogP contribution in [0.4, 0.5) is 0 Å². The number of carbonyl (C=O) groups excluding carboxylic acids is 1. The summed E-state index contributed by atoms with van der Waals surface area (Å²) in [6.45, 7) is 6.17. The molecule has 0 aromatic heterocycles. The van der Waals surface area contributed by atoms with E-state index in [2.05, 4.69) is 47.9 Å². The standard InChI is InChI=1S/C20H30N4O/c1-2-21-19(22-13-10-18(25)24-14-6-7-15-24)23-16-20(11-12-20)17-8-4-3-5-9-17/h3-5,8-9H,2,6-7,10-16H2,1H3,(H2,21,22,23). The molecule has 2 aliphatic rings.